The normalized spacial score (nSPS) is 27.8. The van der Waals surface area contributed by atoms with Crippen LogP contribution < -0.4 is 15.6 Å². The number of aryl methyl sites for hydroxylation is 2. The molecule has 1 aliphatic carbocycles. The topological polar surface area (TPSA) is 121 Å². The maximum Gasteiger partial charge on any atom is 0.324 e. The summed E-state index contributed by atoms with van der Waals surface area (Å²) in [6.07, 6.45) is 8.19. The lowest BCUT2D eigenvalue weighted by atomic mass is 9.84. The summed E-state index contributed by atoms with van der Waals surface area (Å²) >= 11 is 0. The third-order valence-electron chi connectivity index (χ3n) is 14.0. The zero-order valence-electron chi connectivity index (χ0n) is 37.4. The molecule has 4 aliphatic heterocycles. The summed E-state index contributed by atoms with van der Waals surface area (Å²) < 4.78 is 14.7. The Balaban J connectivity index is 1.19. The molecule has 2 unspecified atom stereocenters. The van der Waals surface area contributed by atoms with Gasteiger partial charge in [0.05, 0.1) is 51.3 Å². The van der Waals surface area contributed by atoms with E-state index >= 15 is 0 Å². The molecule has 1 saturated carbocycles. The van der Waals surface area contributed by atoms with E-state index in [0.29, 0.717) is 43.7 Å². The van der Waals surface area contributed by atoms with Crippen LogP contribution in [-0.2, 0) is 48.5 Å². The summed E-state index contributed by atoms with van der Waals surface area (Å²) in [5.74, 6) is -0.165. The van der Waals surface area contributed by atoms with Crippen LogP contribution in [0.3, 0.4) is 0 Å². The van der Waals surface area contributed by atoms with E-state index in [4.69, 9.17) is 14.5 Å². The molecule has 6 heterocycles. The van der Waals surface area contributed by atoms with Crippen LogP contribution in [0.5, 0.6) is 0 Å². The number of hydrogen-bond donors (Lipinski definition) is 2. The number of piperazine rings is 1. The number of fused-ring (bicyclic) bond motifs is 3. The van der Waals surface area contributed by atoms with Gasteiger partial charge in [-0.3, -0.25) is 24.4 Å². The maximum absolute atomic E-state index is 14.6. The van der Waals surface area contributed by atoms with Crippen molar-refractivity contribution < 1.29 is 23.9 Å². The molecule has 2 aromatic heterocycles. The zero-order chi connectivity index (χ0) is 43.2. The number of benzene rings is 1. The molecule has 3 saturated heterocycles. The average molecular weight is 865 g/mol. The highest BCUT2D eigenvalue weighted by Gasteiger charge is 2.47. The zero-order valence-corrected chi connectivity index (χ0v) is 39.4. The number of amides is 2. The predicted molar refractivity (Wildman–Crippen MR) is 242 cm³/mol. The Kier molecular flexibility index (Phi) is 12.9. The summed E-state index contributed by atoms with van der Waals surface area (Å²) in [6.45, 7) is 16.0. The Bertz CT molecular complexity index is 2110. The molecule has 5 radical (unpaired) electrons. The van der Waals surface area contributed by atoms with E-state index in [9.17, 15) is 14.4 Å². The number of likely N-dealkylation sites (N-methyl/N-ethyl adjacent to an activating group) is 1. The van der Waals surface area contributed by atoms with Crippen LogP contribution in [-0.4, -0.2) is 123 Å². The molecule has 4 bridgehead atoms. The molecule has 0 spiro atoms. The maximum atomic E-state index is 14.6. The second-order valence-corrected chi connectivity index (χ2v) is 22.0. The van der Waals surface area contributed by atoms with Gasteiger partial charge >= 0.3 is 5.97 Å². The molecule has 2 N–H and O–H groups in total. The number of methoxy groups -OCH3 is 1. The number of pyridine rings is 1. The number of hydrazine groups is 1. The number of rotatable bonds is 9. The van der Waals surface area contributed by atoms with Gasteiger partial charge in [-0.15, -0.1) is 0 Å². The van der Waals surface area contributed by atoms with Crippen molar-refractivity contribution in [2.45, 2.75) is 121 Å². The minimum absolute atomic E-state index is 0.0113. The van der Waals surface area contributed by atoms with E-state index in [1.807, 2.05) is 13.1 Å². The fourth-order valence-corrected chi connectivity index (χ4v) is 11.1. The molecular weight excluding hydrogens is 799 g/mol. The predicted octanol–water partition coefficient (Wildman–Crippen LogP) is 5.48. The lowest BCUT2D eigenvalue weighted by Crippen LogP contribution is -2.59. The van der Waals surface area contributed by atoms with E-state index in [2.05, 4.69) is 94.4 Å². The van der Waals surface area contributed by atoms with Crippen LogP contribution in [0, 0.1) is 23.2 Å². The molecule has 3 aromatic rings. The van der Waals surface area contributed by atoms with Gasteiger partial charge in [0.25, 0.3) is 0 Å². The first-order chi connectivity index (χ1) is 29.2. The molecule has 1 aromatic carbocycles. The lowest BCUT2D eigenvalue weighted by molar-refractivity contribution is -0.155. The highest BCUT2D eigenvalue weighted by Crippen LogP contribution is 2.44. The van der Waals surface area contributed by atoms with Crippen molar-refractivity contribution in [2.75, 3.05) is 58.4 Å². The van der Waals surface area contributed by atoms with Crippen molar-refractivity contribution >= 4 is 54.1 Å². The summed E-state index contributed by atoms with van der Waals surface area (Å²) in [5, 5.41) is 5.42. The molecule has 14 heteroatoms. The lowest BCUT2D eigenvalue weighted by Gasteiger charge is -2.37. The van der Waals surface area contributed by atoms with Gasteiger partial charge in [-0.1, -0.05) is 39.3 Å². The van der Waals surface area contributed by atoms with Gasteiger partial charge in [0.1, 0.15) is 6.04 Å². The van der Waals surface area contributed by atoms with Crippen LogP contribution in [0.4, 0.5) is 5.69 Å². The van der Waals surface area contributed by atoms with Crippen molar-refractivity contribution in [2.24, 2.45) is 23.2 Å². The van der Waals surface area contributed by atoms with Gasteiger partial charge < -0.3 is 29.2 Å². The van der Waals surface area contributed by atoms with E-state index in [1.54, 1.807) is 12.1 Å². The summed E-state index contributed by atoms with van der Waals surface area (Å²) in [7, 11) is 8.61. The molecule has 4 fully saturated rings. The first-order valence-electron chi connectivity index (χ1n) is 22.8. The first-order valence-corrected chi connectivity index (χ1v) is 24.6. The third kappa shape index (κ3) is 9.53. The van der Waals surface area contributed by atoms with Crippen LogP contribution in [0.2, 0.25) is 11.6 Å². The highest BCUT2D eigenvalue weighted by molar-refractivity contribution is 6.51. The van der Waals surface area contributed by atoms with Crippen molar-refractivity contribution in [1.29, 1.82) is 0 Å². The van der Waals surface area contributed by atoms with Crippen molar-refractivity contribution in [3.05, 3.63) is 47.3 Å². The van der Waals surface area contributed by atoms with Crippen molar-refractivity contribution in [3.63, 3.8) is 0 Å². The fourth-order valence-electron chi connectivity index (χ4n) is 9.92. The number of carbonyl (C=O) groups is 3. The standard InChI is InChI=1S/C47H66N7O5Si2/c1-8-53-38-16-15-30-12-9-10-13-32(40(39-27-61-39)49-43(55)33-22-29(33)2)44(56)54-17-11-14-37(50-54)45(57)59-28-46(3,4)25-36(34(38)23-30)41(53)35-24-31(52-20-18-51(6)19-21-52)26-48-42(35)47(5,60)58-7/h15-16,23-24,26,29,32-33,37,39-40,50H,8-14,17-22,25,27-28H2,1-7H3,(H,49,55)/t29-,32+,33-,37-,39?,40?,47+/m0/s1. The number of cyclic esters (lactones) is 1. The fraction of sp³-hybridized carbons (Fsp3) is 0.660. The van der Waals surface area contributed by atoms with Gasteiger partial charge in [-0.25, -0.2) is 5.43 Å². The monoisotopic (exact) mass is 864 g/mol. The average Bonchev–Trinajstić information content (AvgIpc) is 4.20. The largest absolute Gasteiger partial charge is 0.464 e. The van der Waals surface area contributed by atoms with Crippen molar-refractivity contribution in [1.82, 2.24) is 30.2 Å². The molecule has 327 valence electrons. The molecule has 7 atom stereocenters. The number of hydrogen-bond acceptors (Lipinski definition) is 9. The molecule has 2 amide bonds. The molecule has 5 aliphatic rings. The van der Waals surface area contributed by atoms with E-state index in [0.717, 1.165) is 102 Å². The summed E-state index contributed by atoms with van der Waals surface area (Å²) in [6, 6.07) is 9.47. The van der Waals surface area contributed by atoms with Crippen molar-refractivity contribution in [3.8, 4) is 11.3 Å². The second-order valence-electron chi connectivity index (χ2n) is 19.5. The smallest absolute Gasteiger partial charge is 0.324 e. The number of aromatic nitrogens is 2. The van der Waals surface area contributed by atoms with Gasteiger partial charge in [-0.2, -0.15) is 0 Å². The van der Waals surface area contributed by atoms with E-state index in [1.165, 1.54) is 16.5 Å². The van der Waals surface area contributed by atoms with Gasteiger partial charge in [0, 0.05) is 89.7 Å². The minimum Gasteiger partial charge on any atom is -0.464 e. The number of ether oxygens (including phenoxy) is 2. The van der Waals surface area contributed by atoms with Gasteiger partial charge in [-0.05, 0) is 107 Å². The first kappa shape index (κ1) is 44.1. The van der Waals surface area contributed by atoms with E-state index in [-0.39, 0.29) is 42.3 Å². The number of nitrogens with one attached hydrogen (secondary N) is 2. The van der Waals surface area contributed by atoms with Crippen LogP contribution in [0.15, 0.2) is 30.5 Å². The molecule has 61 heavy (non-hydrogen) atoms. The van der Waals surface area contributed by atoms with Crippen LogP contribution >= 0.6 is 0 Å². The quantitative estimate of drug-likeness (QED) is 0.213. The molecular formula is C47H66N7O5Si2. The van der Waals surface area contributed by atoms with Gasteiger partial charge in [0.15, 0.2) is 0 Å². The number of carbonyl (C=O) groups excluding carboxylic acids is 3. The van der Waals surface area contributed by atoms with Crippen LogP contribution in [0.1, 0.15) is 90.0 Å². The minimum atomic E-state index is -0.846. The molecule has 12 nitrogen and oxygen atoms in total. The Hall–Kier alpha value is -3.57. The Morgan fingerprint density at radius 2 is 1.89 bits per heavy atom. The van der Waals surface area contributed by atoms with Crippen LogP contribution in [0.25, 0.3) is 22.2 Å². The third-order valence-corrected chi connectivity index (χ3v) is 15.7. The second kappa shape index (κ2) is 17.9. The SMILES string of the molecule is CCn1c(-c2cc(N3CCN(C)CC3)cnc2[C@@](C)([Si])OC)c2c3cc(ccc31)CCCC[C@H](C(NC(=O)[C@H]1C[C@@H]1C)C1C[Si]1)C(=O)N1CCC[C@H](N1)C(=O)OCC(C)(C)C2. The Labute approximate surface area is 368 Å². The Morgan fingerprint density at radius 3 is 2.57 bits per heavy atom. The molecule has 8 rings (SSSR count). The number of anilines is 1. The number of esters is 1. The summed E-state index contributed by atoms with van der Waals surface area (Å²) in [4.78, 5) is 51.8. The van der Waals surface area contributed by atoms with E-state index < -0.39 is 16.7 Å². The van der Waals surface area contributed by atoms with Gasteiger partial charge in [0.2, 0.25) is 11.8 Å². The summed E-state index contributed by atoms with van der Waals surface area (Å²) in [5.41, 5.74) is 10.9. The Morgan fingerprint density at radius 1 is 1.13 bits per heavy atom. The highest BCUT2D eigenvalue weighted by atomic mass is 28.2. The number of nitrogens with zero attached hydrogens (tertiary/aromatic N) is 5.